The van der Waals surface area contributed by atoms with Crippen molar-refractivity contribution >= 4 is 57.1 Å². The Balaban J connectivity index is 2.91. The lowest BCUT2D eigenvalue weighted by Gasteiger charge is -2.17. The van der Waals surface area contributed by atoms with Gasteiger partial charge in [0.1, 0.15) is 11.8 Å². The Morgan fingerprint density at radius 1 is 1.33 bits per heavy atom. The molecule has 1 rings (SSSR count). The summed E-state index contributed by atoms with van der Waals surface area (Å²) in [5.41, 5.74) is 0.855. The second-order valence-electron chi connectivity index (χ2n) is 4.51. The molecule has 7 heteroatoms. The third kappa shape index (κ3) is 5.61. The fraction of sp³-hybridized carbons (Fsp3) is 0.429. The summed E-state index contributed by atoms with van der Waals surface area (Å²) >= 11 is 4.06. The van der Waals surface area contributed by atoms with Gasteiger partial charge in [0, 0.05) is 12.8 Å². The minimum absolute atomic E-state index is 0.170. The smallest absolute Gasteiger partial charge is 0.328 e. The summed E-state index contributed by atoms with van der Waals surface area (Å²) in [5.74, 6) is -0.418. The summed E-state index contributed by atoms with van der Waals surface area (Å²) in [5, 5.41) is 12.4. The third-order valence-corrected chi connectivity index (χ3v) is 4.46. The maximum Gasteiger partial charge on any atom is 0.328 e. The molecule has 0 aliphatic carbocycles. The van der Waals surface area contributed by atoms with Crippen LogP contribution in [-0.4, -0.2) is 30.1 Å². The molecule has 21 heavy (non-hydrogen) atoms. The molecule has 2 N–H and O–H groups in total. The zero-order chi connectivity index (χ0) is 16.0. The van der Waals surface area contributed by atoms with Crippen molar-refractivity contribution in [3.05, 3.63) is 24.8 Å². The number of carbonyl (C=O) groups is 2. The van der Waals surface area contributed by atoms with Crippen LogP contribution in [0.1, 0.15) is 25.3 Å². The lowest BCUT2D eigenvalue weighted by molar-refractivity contribution is -0.145. The van der Waals surface area contributed by atoms with E-state index in [0.717, 1.165) is 5.56 Å². The van der Waals surface area contributed by atoms with Gasteiger partial charge in [-0.05, 0) is 69.3 Å². The molecule has 0 spiro atoms. The van der Waals surface area contributed by atoms with Gasteiger partial charge in [0.25, 0.3) is 0 Å². The molecule has 1 aromatic rings. The fourth-order valence-corrected chi connectivity index (χ4v) is 3.70. The molecule has 0 fully saturated rings. The van der Waals surface area contributed by atoms with E-state index in [0.29, 0.717) is 26.4 Å². The molecule has 0 bridgehead atoms. The van der Waals surface area contributed by atoms with Crippen LogP contribution in [0.5, 0.6) is 5.75 Å². The number of methoxy groups -OCH3 is 1. The Morgan fingerprint density at radius 3 is 2.38 bits per heavy atom. The highest BCUT2D eigenvalue weighted by Gasteiger charge is 2.22. The minimum Gasteiger partial charge on any atom is -0.506 e. The predicted octanol–water partition coefficient (Wildman–Crippen LogP) is 2.60. The number of hydrogen-bond acceptors (Lipinski definition) is 4. The number of phenols is 1. The monoisotopic (exact) mass is 517 g/mol. The number of esters is 1. The highest BCUT2D eigenvalue weighted by molar-refractivity contribution is 14.1. The average molecular weight is 517 g/mol. The SMILES string of the molecule is CCCC(=O)N[C@@H](Cc1cc(I)c(O)c(I)c1)C(=O)OC. The van der Waals surface area contributed by atoms with Crippen LogP contribution in [0.4, 0.5) is 0 Å². The van der Waals surface area contributed by atoms with Gasteiger partial charge in [-0.3, -0.25) is 4.79 Å². The van der Waals surface area contributed by atoms with Crippen molar-refractivity contribution in [2.24, 2.45) is 0 Å². The largest absolute Gasteiger partial charge is 0.506 e. The lowest BCUT2D eigenvalue weighted by atomic mass is 10.1. The van der Waals surface area contributed by atoms with Gasteiger partial charge >= 0.3 is 5.97 Å². The second-order valence-corrected chi connectivity index (χ2v) is 6.83. The molecule has 0 radical (unpaired) electrons. The summed E-state index contributed by atoms with van der Waals surface area (Å²) in [6.07, 6.45) is 1.42. The van der Waals surface area contributed by atoms with Gasteiger partial charge in [0.2, 0.25) is 5.91 Å². The van der Waals surface area contributed by atoms with Gasteiger partial charge < -0.3 is 15.2 Å². The summed E-state index contributed by atoms with van der Waals surface area (Å²) in [6.45, 7) is 1.90. The Kier molecular flexibility index (Phi) is 7.71. The number of benzene rings is 1. The van der Waals surface area contributed by atoms with E-state index in [4.69, 9.17) is 4.74 Å². The molecular formula is C14H17I2NO4. The number of ether oxygens (including phenoxy) is 1. The van der Waals surface area contributed by atoms with E-state index in [9.17, 15) is 14.7 Å². The van der Waals surface area contributed by atoms with E-state index in [2.05, 4.69) is 5.32 Å². The molecule has 0 aromatic heterocycles. The van der Waals surface area contributed by atoms with Crippen LogP contribution < -0.4 is 5.32 Å². The maximum atomic E-state index is 11.8. The summed E-state index contributed by atoms with van der Waals surface area (Å²) in [7, 11) is 1.30. The molecule has 1 atom stereocenters. The van der Waals surface area contributed by atoms with E-state index >= 15 is 0 Å². The van der Waals surface area contributed by atoms with Crippen LogP contribution in [0.15, 0.2) is 12.1 Å². The molecule has 0 heterocycles. The van der Waals surface area contributed by atoms with Crippen LogP contribution in [0.2, 0.25) is 0 Å². The molecule has 1 amide bonds. The highest BCUT2D eigenvalue weighted by Crippen LogP contribution is 2.27. The maximum absolute atomic E-state index is 11.8. The first kappa shape index (κ1) is 18.5. The number of halogens is 2. The molecule has 1 aromatic carbocycles. The van der Waals surface area contributed by atoms with Crippen molar-refractivity contribution < 1.29 is 19.4 Å². The number of hydrogen-bond donors (Lipinski definition) is 2. The fourth-order valence-electron chi connectivity index (χ4n) is 1.80. The van der Waals surface area contributed by atoms with Crippen molar-refractivity contribution in [3.63, 3.8) is 0 Å². The van der Waals surface area contributed by atoms with E-state index in [1.54, 1.807) is 12.1 Å². The van der Waals surface area contributed by atoms with Crippen molar-refractivity contribution in [3.8, 4) is 5.75 Å². The first-order valence-corrected chi connectivity index (χ1v) is 8.58. The summed E-state index contributed by atoms with van der Waals surface area (Å²) in [6, 6.07) is 2.87. The summed E-state index contributed by atoms with van der Waals surface area (Å²) < 4.78 is 6.15. The lowest BCUT2D eigenvalue weighted by Crippen LogP contribution is -2.43. The van der Waals surface area contributed by atoms with E-state index < -0.39 is 12.0 Å². The van der Waals surface area contributed by atoms with Crippen LogP contribution in [0.25, 0.3) is 0 Å². The first-order chi connectivity index (χ1) is 9.88. The van der Waals surface area contributed by atoms with Gasteiger partial charge in [0.05, 0.1) is 14.3 Å². The number of amides is 1. The first-order valence-electron chi connectivity index (χ1n) is 6.43. The molecule has 5 nitrogen and oxygen atoms in total. The van der Waals surface area contributed by atoms with Crippen LogP contribution in [-0.2, 0) is 20.7 Å². The molecule has 0 saturated heterocycles. The number of nitrogens with one attached hydrogen (secondary N) is 1. The van der Waals surface area contributed by atoms with Gasteiger partial charge in [-0.25, -0.2) is 4.79 Å². The Bertz CT molecular complexity index is 511. The van der Waals surface area contributed by atoms with Crippen molar-refractivity contribution in [2.45, 2.75) is 32.2 Å². The predicted molar refractivity (Wildman–Crippen MR) is 96.1 cm³/mol. The molecule has 0 aliphatic heterocycles. The van der Waals surface area contributed by atoms with Crippen molar-refractivity contribution in [2.75, 3.05) is 7.11 Å². The van der Waals surface area contributed by atoms with Crippen LogP contribution in [0, 0.1) is 7.14 Å². The second kappa shape index (κ2) is 8.76. The third-order valence-electron chi connectivity index (χ3n) is 2.81. The molecule has 0 saturated carbocycles. The average Bonchev–Trinajstić information content (AvgIpc) is 2.43. The minimum atomic E-state index is -0.717. The highest BCUT2D eigenvalue weighted by atomic mass is 127. The van der Waals surface area contributed by atoms with Crippen molar-refractivity contribution in [1.29, 1.82) is 0 Å². The zero-order valence-corrected chi connectivity index (χ0v) is 16.1. The van der Waals surface area contributed by atoms with Gasteiger partial charge in [0.15, 0.2) is 0 Å². The van der Waals surface area contributed by atoms with Gasteiger partial charge in [-0.1, -0.05) is 6.92 Å². The molecule has 0 aliphatic rings. The standard InChI is InChI=1S/C14H17I2NO4/c1-3-4-12(18)17-11(14(20)21-2)7-8-5-9(15)13(19)10(16)6-8/h5-6,11,19H,3-4,7H2,1-2H3,(H,17,18)/t11-/m0/s1. The van der Waals surface area contributed by atoms with E-state index in [1.165, 1.54) is 7.11 Å². The van der Waals surface area contributed by atoms with E-state index in [-0.39, 0.29) is 11.7 Å². The quantitative estimate of drug-likeness (QED) is 0.450. The van der Waals surface area contributed by atoms with Gasteiger partial charge in [-0.15, -0.1) is 0 Å². The van der Waals surface area contributed by atoms with Crippen LogP contribution in [0.3, 0.4) is 0 Å². The Labute approximate surface area is 151 Å². The molecule has 0 unspecified atom stereocenters. The number of aromatic hydroxyl groups is 1. The van der Waals surface area contributed by atoms with Crippen LogP contribution >= 0.6 is 45.2 Å². The summed E-state index contributed by atoms with van der Waals surface area (Å²) in [4.78, 5) is 23.5. The normalized spacial score (nSPS) is 11.8. The van der Waals surface area contributed by atoms with Crippen molar-refractivity contribution in [1.82, 2.24) is 5.32 Å². The Hall–Kier alpha value is -0.580. The zero-order valence-electron chi connectivity index (χ0n) is 11.8. The molecule has 116 valence electrons. The molecular weight excluding hydrogens is 500 g/mol. The number of phenolic OH excluding ortho intramolecular Hbond substituents is 1. The van der Waals surface area contributed by atoms with E-state index in [1.807, 2.05) is 52.1 Å². The van der Waals surface area contributed by atoms with Gasteiger partial charge in [-0.2, -0.15) is 0 Å². The topological polar surface area (TPSA) is 75.6 Å². The number of carbonyl (C=O) groups excluding carboxylic acids is 2. The Morgan fingerprint density at radius 2 is 1.90 bits per heavy atom. The number of rotatable bonds is 6.